The number of thioether (sulfide) groups is 1. The van der Waals surface area contributed by atoms with Crippen molar-refractivity contribution in [1.82, 2.24) is 10.2 Å². The number of thiophene rings is 1. The highest BCUT2D eigenvalue weighted by atomic mass is 32.2. The van der Waals surface area contributed by atoms with Crippen LogP contribution >= 0.6 is 23.1 Å². The molecule has 0 N–H and O–H groups in total. The Hall–Kier alpha value is -1.34. The van der Waals surface area contributed by atoms with E-state index in [9.17, 15) is 4.79 Å². The Morgan fingerprint density at radius 3 is 3.05 bits per heavy atom. The predicted molar refractivity (Wildman–Crippen MR) is 78.8 cm³/mol. The Balaban J connectivity index is 2.05. The van der Waals surface area contributed by atoms with E-state index in [-0.39, 0.29) is 11.2 Å². The number of nitrogens with zero attached hydrogens (tertiary/aromatic N) is 2. The van der Waals surface area contributed by atoms with Gasteiger partial charge >= 0.3 is 5.97 Å². The standard InChI is InChI=1S/C13H16N2O3S2/c1-3-4-6-10(12(16)17-2)20-13-15-14-11(18-13)9-7-5-8-19-9/h5,7-8,10H,3-4,6H2,1-2H3. The zero-order valence-corrected chi connectivity index (χ0v) is 13.0. The van der Waals surface area contributed by atoms with Crippen LogP contribution < -0.4 is 0 Å². The van der Waals surface area contributed by atoms with Gasteiger partial charge in [0.2, 0.25) is 0 Å². The molecule has 2 aromatic rings. The summed E-state index contributed by atoms with van der Waals surface area (Å²) in [4.78, 5) is 12.7. The molecule has 0 aliphatic heterocycles. The summed E-state index contributed by atoms with van der Waals surface area (Å²) in [6.07, 6.45) is 2.72. The summed E-state index contributed by atoms with van der Waals surface area (Å²) in [6, 6.07) is 3.84. The summed E-state index contributed by atoms with van der Waals surface area (Å²) in [5.41, 5.74) is 0. The van der Waals surface area contributed by atoms with Crippen molar-refractivity contribution in [2.45, 2.75) is 36.7 Å². The molecule has 2 rings (SSSR count). The van der Waals surface area contributed by atoms with E-state index in [4.69, 9.17) is 9.15 Å². The maximum absolute atomic E-state index is 11.7. The number of hydrogen-bond donors (Lipinski definition) is 0. The molecular weight excluding hydrogens is 296 g/mol. The number of methoxy groups -OCH3 is 1. The summed E-state index contributed by atoms with van der Waals surface area (Å²) in [7, 11) is 1.40. The smallest absolute Gasteiger partial charge is 0.319 e. The van der Waals surface area contributed by atoms with Crippen molar-refractivity contribution in [3.05, 3.63) is 17.5 Å². The predicted octanol–water partition coefficient (Wildman–Crippen LogP) is 3.62. The van der Waals surface area contributed by atoms with E-state index < -0.39 is 0 Å². The molecule has 0 radical (unpaired) electrons. The summed E-state index contributed by atoms with van der Waals surface area (Å²) >= 11 is 2.81. The van der Waals surface area contributed by atoms with Gasteiger partial charge in [0.15, 0.2) is 0 Å². The molecule has 0 saturated carbocycles. The monoisotopic (exact) mass is 312 g/mol. The van der Waals surface area contributed by atoms with E-state index in [0.29, 0.717) is 11.1 Å². The number of carbonyl (C=O) groups excluding carboxylic acids is 1. The fraction of sp³-hybridized carbons (Fsp3) is 0.462. The fourth-order valence-electron chi connectivity index (χ4n) is 1.62. The third-order valence-corrected chi connectivity index (χ3v) is 4.60. The van der Waals surface area contributed by atoms with Gasteiger partial charge < -0.3 is 9.15 Å². The van der Waals surface area contributed by atoms with Crippen molar-refractivity contribution in [2.75, 3.05) is 7.11 Å². The second-order valence-corrected chi connectivity index (χ2v) is 6.22. The first-order chi connectivity index (χ1) is 9.74. The topological polar surface area (TPSA) is 65.2 Å². The van der Waals surface area contributed by atoms with Crippen LogP contribution in [0.3, 0.4) is 0 Å². The molecule has 2 heterocycles. The molecule has 7 heteroatoms. The number of carbonyl (C=O) groups is 1. The number of ether oxygens (including phenoxy) is 1. The lowest BCUT2D eigenvalue weighted by Gasteiger charge is -2.10. The first-order valence-electron chi connectivity index (χ1n) is 6.36. The van der Waals surface area contributed by atoms with Crippen LogP contribution in [0.2, 0.25) is 0 Å². The van der Waals surface area contributed by atoms with E-state index >= 15 is 0 Å². The van der Waals surface area contributed by atoms with E-state index in [0.717, 1.165) is 24.1 Å². The van der Waals surface area contributed by atoms with Gasteiger partial charge in [-0.25, -0.2) is 0 Å². The number of aromatic nitrogens is 2. The molecule has 108 valence electrons. The SMILES string of the molecule is CCCCC(Sc1nnc(-c2cccs2)o1)C(=O)OC. The van der Waals surface area contributed by atoms with E-state index in [1.807, 2.05) is 17.5 Å². The molecule has 2 aromatic heterocycles. The molecule has 5 nitrogen and oxygen atoms in total. The highest BCUT2D eigenvalue weighted by Crippen LogP contribution is 2.30. The third-order valence-electron chi connectivity index (χ3n) is 2.67. The van der Waals surface area contributed by atoms with Gasteiger partial charge in [0.25, 0.3) is 11.1 Å². The lowest BCUT2D eigenvalue weighted by Crippen LogP contribution is -2.18. The van der Waals surface area contributed by atoms with Crippen LogP contribution in [0.1, 0.15) is 26.2 Å². The molecule has 0 aromatic carbocycles. The maximum Gasteiger partial charge on any atom is 0.319 e. The Morgan fingerprint density at radius 2 is 2.40 bits per heavy atom. The van der Waals surface area contributed by atoms with Gasteiger partial charge in [0.05, 0.1) is 12.0 Å². The van der Waals surface area contributed by atoms with Crippen molar-refractivity contribution < 1.29 is 13.9 Å². The van der Waals surface area contributed by atoms with Crippen molar-refractivity contribution in [2.24, 2.45) is 0 Å². The Morgan fingerprint density at radius 1 is 1.55 bits per heavy atom. The molecule has 0 aliphatic rings. The largest absolute Gasteiger partial charge is 0.468 e. The number of esters is 1. The van der Waals surface area contributed by atoms with Gasteiger partial charge in [-0.3, -0.25) is 4.79 Å². The molecule has 0 fully saturated rings. The van der Waals surface area contributed by atoms with Crippen LogP contribution in [-0.4, -0.2) is 28.5 Å². The molecule has 20 heavy (non-hydrogen) atoms. The molecule has 0 spiro atoms. The van der Waals surface area contributed by atoms with E-state index in [1.165, 1.54) is 30.2 Å². The summed E-state index contributed by atoms with van der Waals surface area (Å²) in [5, 5.41) is 10.0. The quantitative estimate of drug-likeness (QED) is 0.574. The molecule has 1 unspecified atom stereocenters. The lowest BCUT2D eigenvalue weighted by molar-refractivity contribution is -0.140. The van der Waals surface area contributed by atoms with E-state index in [2.05, 4.69) is 17.1 Å². The lowest BCUT2D eigenvalue weighted by atomic mass is 10.2. The highest BCUT2D eigenvalue weighted by Gasteiger charge is 2.23. The van der Waals surface area contributed by atoms with Crippen LogP contribution in [0.5, 0.6) is 0 Å². The van der Waals surface area contributed by atoms with Crippen molar-refractivity contribution in [3.8, 4) is 10.8 Å². The van der Waals surface area contributed by atoms with Crippen LogP contribution in [0.4, 0.5) is 0 Å². The van der Waals surface area contributed by atoms with Crippen LogP contribution in [-0.2, 0) is 9.53 Å². The Kier molecular flexibility index (Phi) is 5.60. The molecule has 1 atom stereocenters. The number of rotatable bonds is 7. The first-order valence-corrected chi connectivity index (χ1v) is 8.12. The average molecular weight is 312 g/mol. The summed E-state index contributed by atoms with van der Waals surface area (Å²) in [6.45, 7) is 2.08. The first kappa shape index (κ1) is 15.1. The van der Waals surface area contributed by atoms with Crippen molar-refractivity contribution in [3.63, 3.8) is 0 Å². The van der Waals surface area contributed by atoms with E-state index in [1.54, 1.807) is 0 Å². The van der Waals surface area contributed by atoms with Crippen molar-refractivity contribution in [1.29, 1.82) is 0 Å². The second kappa shape index (κ2) is 7.44. The Bertz CT molecular complexity index is 540. The van der Waals surface area contributed by atoms with Gasteiger partial charge in [-0.15, -0.1) is 21.5 Å². The molecule has 0 bridgehead atoms. The zero-order chi connectivity index (χ0) is 14.4. The normalized spacial score (nSPS) is 12.3. The minimum absolute atomic E-state index is 0.251. The zero-order valence-electron chi connectivity index (χ0n) is 11.4. The molecular formula is C13H16N2O3S2. The highest BCUT2D eigenvalue weighted by molar-refractivity contribution is 8.00. The van der Waals surface area contributed by atoms with Gasteiger partial charge in [0, 0.05) is 0 Å². The van der Waals surface area contributed by atoms with Crippen LogP contribution in [0.25, 0.3) is 10.8 Å². The fourth-order valence-corrected chi connectivity index (χ4v) is 3.20. The minimum Gasteiger partial charge on any atom is -0.468 e. The van der Waals surface area contributed by atoms with Gasteiger partial charge in [-0.05, 0) is 17.9 Å². The second-order valence-electron chi connectivity index (χ2n) is 4.12. The maximum atomic E-state index is 11.7. The number of unbranched alkanes of at least 4 members (excludes halogenated alkanes) is 1. The Labute approximate surface area is 125 Å². The summed E-state index contributed by atoms with van der Waals surface area (Å²) in [5.74, 6) is 0.237. The molecule has 0 saturated heterocycles. The molecule has 0 amide bonds. The summed E-state index contributed by atoms with van der Waals surface area (Å²) < 4.78 is 10.4. The van der Waals surface area contributed by atoms with Gasteiger partial charge in [-0.2, -0.15) is 0 Å². The van der Waals surface area contributed by atoms with Crippen LogP contribution in [0, 0.1) is 0 Å². The van der Waals surface area contributed by atoms with Gasteiger partial charge in [0.1, 0.15) is 5.25 Å². The minimum atomic E-state index is -0.295. The van der Waals surface area contributed by atoms with Crippen LogP contribution in [0.15, 0.2) is 27.2 Å². The third kappa shape index (κ3) is 3.83. The molecule has 0 aliphatic carbocycles. The van der Waals surface area contributed by atoms with Gasteiger partial charge in [-0.1, -0.05) is 37.6 Å². The average Bonchev–Trinajstić information content (AvgIpc) is 3.13. The number of hydrogen-bond acceptors (Lipinski definition) is 7. The van der Waals surface area contributed by atoms with Crippen molar-refractivity contribution >= 4 is 29.1 Å².